The molecule has 1 N–H and O–H groups in total. The molecule has 0 spiro atoms. The van der Waals surface area contributed by atoms with Gasteiger partial charge in [-0.25, -0.2) is 9.97 Å². The van der Waals surface area contributed by atoms with Crippen LogP contribution in [0.3, 0.4) is 0 Å². The van der Waals surface area contributed by atoms with E-state index < -0.39 is 0 Å². The highest BCUT2D eigenvalue weighted by atomic mass is 15.1. The third kappa shape index (κ3) is 4.88. The van der Waals surface area contributed by atoms with Crippen molar-refractivity contribution in [2.75, 3.05) is 11.9 Å². The van der Waals surface area contributed by atoms with Crippen LogP contribution in [-0.4, -0.2) is 21.1 Å². The molecular formula is C17H26N4. The van der Waals surface area contributed by atoms with Gasteiger partial charge >= 0.3 is 0 Å². The Morgan fingerprint density at radius 3 is 2.52 bits per heavy atom. The quantitative estimate of drug-likeness (QED) is 0.697. The van der Waals surface area contributed by atoms with Crippen molar-refractivity contribution >= 4 is 5.69 Å². The Bertz CT molecular complexity index is 516. The smallest absolute Gasteiger partial charge is 0.138 e. The Labute approximate surface area is 127 Å². The molecule has 0 atom stereocenters. The Kier molecular flexibility index (Phi) is 6.25. The molecule has 0 saturated carbocycles. The lowest BCUT2D eigenvalue weighted by Crippen LogP contribution is -2.03. The summed E-state index contributed by atoms with van der Waals surface area (Å²) in [7, 11) is 0. The van der Waals surface area contributed by atoms with Crippen LogP contribution in [0.4, 0.5) is 5.69 Å². The molecule has 4 nitrogen and oxygen atoms in total. The third-order valence-corrected chi connectivity index (χ3v) is 3.68. The first-order valence-corrected chi connectivity index (χ1v) is 8.01. The summed E-state index contributed by atoms with van der Waals surface area (Å²) in [5.74, 6) is 1.87. The molecule has 0 aliphatic carbocycles. The van der Waals surface area contributed by atoms with E-state index in [9.17, 15) is 0 Å². The summed E-state index contributed by atoms with van der Waals surface area (Å²) < 4.78 is 1.98. The van der Waals surface area contributed by atoms with Gasteiger partial charge in [0.15, 0.2) is 0 Å². The molecule has 0 aliphatic rings. The summed E-state index contributed by atoms with van der Waals surface area (Å²) in [6.45, 7) is 5.26. The predicted molar refractivity (Wildman–Crippen MR) is 88.0 cm³/mol. The second-order valence-electron chi connectivity index (χ2n) is 5.44. The van der Waals surface area contributed by atoms with Gasteiger partial charge in [-0.3, -0.25) is 4.57 Å². The second-order valence-corrected chi connectivity index (χ2v) is 5.44. The van der Waals surface area contributed by atoms with Crippen LogP contribution in [0.15, 0.2) is 30.7 Å². The monoisotopic (exact) mass is 286 g/mol. The maximum absolute atomic E-state index is 4.48. The Morgan fingerprint density at radius 2 is 1.86 bits per heavy atom. The highest BCUT2D eigenvalue weighted by molar-refractivity contribution is 5.43. The molecule has 4 heteroatoms. The summed E-state index contributed by atoms with van der Waals surface area (Å²) in [5, 5.41) is 3.44. The van der Waals surface area contributed by atoms with Crippen LogP contribution in [0.5, 0.6) is 0 Å². The van der Waals surface area contributed by atoms with Crippen molar-refractivity contribution in [1.82, 2.24) is 14.5 Å². The molecule has 2 aromatic rings. The lowest BCUT2D eigenvalue weighted by Gasteiger charge is -2.08. The number of hydrogen-bond donors (Lipinski definition) is 1. The first kappa shape index (κ1) is 15.5. The lowest BCUT2D eigenvalue weighted by atomic mass is 10.1. The molecule has 2 aromatic heterocycles. The molecule has 0 saturated heterocycles. The van der Waals surface area contributed by atoms with Gasteiger partial charge in [0.05, 0.1) is 11.9 Å². The average Bonchev–Trinajstić information content (AvgIpc) is 2.93. The maximum atomic E-state index is 4.48. The minimum Gasteiger partial charge on any atom is -0.384 e. The van der Waals surface area contributed by atoms with Gasteiger partial charge in [0, 0.05) is 18.9 Å². The number of imidazole rings is 1. The zero-order valence-electron chi connectivity index (χ0n) is 13.2. The number of rotatable bonds is 9. The molecule has 0 unspecified atom stereocenters. The fourth-order valence-corrected chi connectivity index (χ4v) is 2.39. The van der Waals surface area contributed by atoms with E-state index in [4.69, 9.17) is 0 Å². The van der Waals surface area contributed by atoms with E-state index in [0.717, 1.165) is 23.9 Å². The van der Waals surface area contributed by atoms with Crippen molar-refractivity contribution in [2.24, 2.45) is 0 Å². The molecule has 0 bridgehead atoms. The summed E-state index contributed by atoms with van der Waals surface area (Å²) in [5.41, 5.74) is 1.09. The maximum Gasteiger partial charge on any atom is 0.138 e. The van der Waals surface area contributed by atoms with Gasteiger partial charge < -0.3 is 5.32 Å². The standard InChI is InChI=1S/C17H26N4/c1-3-4-5-6-7-8-11-19-16-9-10-17(20-14-16)21-13-12-18-15(21)2/h9-10,12-14,19H,3-8,11H2,1-2H3. The topological polar surface area (TPSA) is 42.7 Å². The number of aromatic nitrogens is 3. The van der Waals surface area contributed by atoms with Crippen molar-refractivity contribution in [1.29, 1.82) is 0 Å². The SMILES string of the molecule is CCCCCCCCNc1ccc(-n2ccnc2C)nc1. The number of unbranched alkanes of at least 4 members (excludes halogenated alkanes) is 5. The number of aryl methyl sites for hydroxylation is 1. The highest BCUT2D eigenvalue weighted by Crippen LogP contribution is 2.12. The van der Waals surface area contributed by atoms with Gasteiger partial charge in [0.2, 0.25) is 0 Å². The summed E-state index contributed by atoms with van der Waals surface area (Å²) in [4.78, 5) is 8.70. The van der Waals surface area contributed by atoms with Gasteiger partial charge in [0.25, 0.3) is 0 Å². The minimum absolute atomic E-state index is 0.912. The van der Waals surface area contributed by atoms with Crippen LogP contribution in [-0.2, 0) is 0 Å². The molecule has 0 fully saturated rings. The van der Waals surface area contributed by atoms with E-state index >= 15 is 0 Å². The number of hydrogen-bond acceptors (Lipinski definition) is 3. The number of nitrogens with one attached hydrogen (secondary N) is 1. The molecule has 0 amide bonds. The van der Waals surface area contributed by atoms with Crippen molar-refractivity contribution in [3.05, 3.63) is 36.5 Å². The van der Waals surface area contributed by atoms with E-state index in [0.29, 0.717) is 0 Å². The zero-order valence-corrected chi connectivity index (χ0v) is 13.2. The number of anilines is 1. The van der Waals surface area contributed by atoms with Gasteiger partial charge in [-0.2, -0.15) is 0 Å². The largest absolute Gasteiger partial charge is 0.384 e. The normalized spacial score (nSPS) is 10.8. The predicted octanol–water partition coefficient (Wildman–Crippen LogP) is 4.35. The third-order valence-electron chi connectivity index (χ3n) is 3.68. The molecule has 114 valence electrons. The summed E-state index contributed by atoms with van der Waals surface area (Å²) >= 11 is 0. The van der Waals surface area contributed by atoms with Crippen LogP contribution in [0.1, 0.15) is 51.3 Å². The van der Waals surface area contributed by atoms with E-state index in [1.807, 2.05) is 30.0 Å². The van der Waals surface area contributed by atoms with E-state index in [1.54, 1.807) is 6.20 Å². The average molecular weight is 286 g/mol. The molecule has 2 heterocycles. The fraction of sp³-hybridized carbons (Fsp3) is 0.529. The molecule has 21 heavy (non-hydrogen) atoms. The molecule has 0 radical (unpaired) electrons. The second kappa shape index (κ2) is 8.45. The Hall–Kier alpha value is -1.84. The van der Waals surface area contributed by atoms with Crippen LogP contribution >= 0.6 is 0 Å². The summed E-state index contributed by atoms with van der Waals surface area (Å²) in [6.07, 6.45) is 13.6. The molecular weight excluding hydrogens is 260 g/mol. The number of nitrogens with zero attached hydrogens (tertiary/aromatic N) is 3. The zero-order chi connectivity index (χ0) is 14.9. The van der Waals surface area contributed by atoms with Crippen LogP contribution in [0.25, 0.3) is 5.82 Å². The van der Waals surface area contributed by atoms with Gasteiger partial charge in [0.1, 0.15) is 11.6 Å². The van der Waals surface area contributed by atoms with E-state index in [-0.39, 0.29) is 0 Å². The van der Waals surface area contributed by atoms with Gasteiger partial charge in [-0.15, -0.1) is 0 Å². The fourth-order valence-electron chi connectivity index (χ4n) is 2.39. The molecule has 0 aromatic carbocycles. The van der Waals surface area contributed by atoms with Crippen LogP contribution < -0.4 is 5.32 Å². The summed E-state index contributed by atoms with van der Waals surface area (Å²) in [6, 6.07) is 4.11. The lowest BCUT2D eigenvalue weighted by molar-refractivity contribution is 0.617. The van der Waals surface area contributed by atoms with Crippen molar-refractivity contribution < 1.29 is 0 Å². The van der Waals surface area contributed by atoms with E-state index in [1.165, 1.54) is 38.5 Å². The van der Waals surface area contributed by atoms with Crippen LogP contribution in [0.2, 0.25) is 0 Å². The van der Waals surface area contributed by atoms with E-state index in [2.05, 4.69) is 28.3 Å². The van der Waals surface area contributed by atoms with Gasteiger partial charge in [-0.1, -0.05) is 39.0 Å². The van der Waals surface area contributed by atoms with Gasteiger partial charge in [-0.05, 0) is 25.5 Å². The first-order chi connectivity index (χ1) is 10.3. The minimum atomic E-state index is 0.912. The Morgan fingerprint density at radius 1 is 1.05 bits per heavy atom. The van der Waals surface area contributed by atoms with Crippen molar-refractivity contribution in [2.45, 2.75) is 52.4 Å². The molecule has 0 aliphatic heterocycles. The number of pyridine rings is 1. The van der Waals surface area contributed by atoms with Crippen molar-refractivity contribution in [3.8, 4) is 5.82 Å². The Balaban J connectivity index is 1.72. The molecule has 2 rings (SSSR count). The first-order valence-electron chi connectivity index (χ1n) is 8.01. The van der Waals surface area contributed by atoms with Crippen LogP contribution in [0, 0.1) is 6.92 Å². The highest BCUT2D eigenvalue weighted by Gasteiger charge is 2.01. The van der Waals surface area contributed by atoms with Crippen molar-refractivity contribution in [3.63, 3.8) is 0 Å².